The first-order chi connectivity index (χ1) is 6.77. The Morgan fingerprint density at radius 2 is 2.00 bits per heavy atom. The molecular formula is C10H8N2OS. The second-order valence-corrected chi connectivity index (χ2v) is 3.55. The van der Waals surface area contributed by atoms with Crippen LogP contribution in [0.5, 0.6) is 0 Å². The van der Waals surface area contributed by atoms with E-state index in [1.807, 2.05) is 19.1 Å². The molecule has 3 nitrogen and oxygen atoms in total. The summed E-state index contributed by atoms with van der Waals surface area (Å²) in [6.45, 7) is 1.98. The van der Waals surface area contributed by atoms with Gasteiger partial charge in [-0.25, -0.2) is 4.98 Å². The molecule has 2 aromatic rings. The number of carbonyl (C=O) groups excluding carboxylic acids is 1. The molecule has 0 aliphatic heterocycles. The predicted molar refractivity (Wildman–Crippen MR) is 54.5 cm³/mol. The molecule has 1 heterocycles. The number of hydrogen-bond donors (Lipinski definition) is 0. The van der Waals surface area contributed by atoms with Crippen molar-refractivity contribution >= 4 is 17.3 Å². The largest absolute Gasteiger partial charge is 0.285 e. The molecule has 4 heteroatoms. The molecule has 0 aliphatic rings. The van der Waals surface area contributed by atoms with Crippen LogP contribution in [-0.2, 0) is 0 Å². The van der Waals surface area contributed by atoms with Gasteiger partial charge in [0.1, 0.15) is 5.51 Å². The second-order valence-electron chi connectivity index (χ2n) is 2.95. The quantitative estimate of drug-likeness (QED) is 0.703. The van der Waals surface area contributed by atoms with Gasteiger partial charge in [-0.3, -0.25) is 4.79 Å². The molecule has 2 rings (SSSR count). The maximum atomic E-state index is 11.7. The lowest BCUT2D eigenvalue weighted by Crippen LogP contribution is -2.02. The van der Waals surface area contributed by atoms with Crippen LogP contribution in [0.4, 0.5) is 0 Å². The zero-order valence-corrected chi connectivity index (χ0v) is 8.41. The van der Waals surface area contributed by atoms with Gasteiger partial charge in [-0.15, -0.1) is 0 Å². The van der Waals surface area contributed by atoms with Crippen LogP contribution in [0.3, 0.4) is 0 Å². The fraction of sp³-hybridized carbons (Fsp3) is 0.100. The molecule has 0 radical (unpaired) electrons. The standard InChI is InChI=1S/C10H8N2OS/c1-7-2-4-8(5-3-7)9(13)10-11-6-14-12-10/h2-6H,1H3. The highest BCUT2D eigenvalue weighted by Crippen LogP contribution is 2.08. The number of carbonyl (C=O) groups is 1. The highest BCUT2D eigenvalue weighted by Gasteiger charge is 2.11. The molecule has 0 spiro atoms. The van der Waals surface area contributed by atoms with E-state index in [1.54, 1.807) is 17.6 Å². The minimum absolute atomic E-state index is 0.119. The number of aryl methyl sites for hydroxylation is 1. The SMILES string of the molecule is Cc1ccc(C(=O)c2ncsn2)cc1. The van der Waals surface area contributed by atoms with Crippen molar-refractivity contribution in [3.05, 3.63) is 46.7 Å². The summed E-state index contributed by atoms with van der Waals surface area (Å²) in [5.41, 5.74) is 3.32. The lowest BCUT2D eigenvalue weighted by Gasteiger charge is -1.96. The van der Waals surface area contributed by atoms with Crippen LogP contribution in [0.1, 0.15) is 21.7 Å². The first kappa shape index (κ1) is 9.02. The first-order valence-electron chi connectivity index (χ1n) is 4.15. The van der Waals surface area contributed by atoms with Gasteiger partial charge in [0.25, 0.3) is 0 Å². The van der Waals surface area contributed by atoms with Gasteiger partial charge in [0.05, 0.1) is 0 Å². The topological polar surface area (TPSA) is 42.9 Å². The van der Waals surface area contributed by atoms with Gasteiger partial charge in [-0.2, -0.15) is 4.37 Å². The van der Waals surface area contributed by atoms with Gasteiger partial charge in [0.2, 0.25) is 11.6 Å². The molecule has 0 saturated carbocycles. The van der Waals surface area contributed by atoms with E-state index in [0.717, 1.165) is 5.56 Å². The minimum atomic E-state index is -0.119. The lowest BCUT2D eigenvalue weighted by molar-refractivity contribution is 0.103. The maximum Gasteiger partial charge on any atom is 0.231 e. The number of ketones is 1. The zero-order chi connectivity index (χ0) is 9.97. The van der Waals surface area contributed by atoms with Crippen LogP contribution < -0.4 is 0 Å². The number of benzene rings is 1. The summed E-state index contributed by atoms with van der Waals surface area (Å²) < 4.78 is 3.90. The average molecular weight is 204 g/mol. The summed E-state index contributed by atoms with van der Waals surface area (Å²) in [5, 5.41) is 0. The Hall–Kier alpha value is -1.55. The number of rotatable bonds is 2. The van der Waals surface area contributed by atoms with Crippen molar-refractivity contribution in [2.75, 3.05) is 0 Å². The van der Waals surface area contributed by atoms with Crippen LogP contribution >= 0.6 is 11.5 Å². The average Bonchev–Trinajstić information content (AvgIpc) is 2.71. The van der Waals surface area contributed by atoms with Crippen LogP contribution in [-0.4, -0.2) is 15.1 Å². The Morgan fingerprint density at radius 3 is 2.57 bits per heavy atom. The maximum absolute atomic E-state index is 11.7. The van der Waals surface area contributed by atoms with Crippen molar-refractivity contribution in [3.63, 3.8) is 0 Å². The normalized spacial score (nSPS) is 10.1. The monoisotopic (exact) mass is 204 g/mol. The van der Waals surface area contributed by atoms with Gasteiger partial charge in [-0.1, -0.05) is 29.8 Å². The molecule has 1 aromatic carbocycles. The Morgan fingerprint density at radius 1 is 1.29 bits per heavy atom. The molecule has 70 valence electrons. The molecule has 0 aliphatic carbocycles. The third-order valence-corrected chi connectivity index (χ3v) is 2.36. The summed E-state index contributed by atoms with van der Waals surface area (Å²) in [5.74, 6) is 0.158. The predicted octanol–water partition coefficient (Wildman–Crippen LogP) is 2.08. The van der Waals surface area contributed by atoms with Gasteiger partial charge >= 0.3 is 0 Å². The summed E-state index contributed by atoms with van der Waals surface area (Å²) in [7, 11) is 0. The van der Waals surface area contributed by atoms with E-state index in [4.69, 9.17) is 0 Å². The third kappa shape index (κ3) is 1.70. The highest BCUT2D eigenvalue weighted by molar-refractivity contribution is 7.03. The number of hydrogen-bond acceptors (Lipinski definition) is 4. The van der Waals surface area contributed by atoms with Gasteiger partial charge in [0, 0.05) is 5.56 Å². The van der Waals surface area contributed by atoms with E-state index >= 15 is 0 Å². The van der Waals surface area contributed by atoms with Crippen molar-refractivity contribution in [1.82, 2.24) is 9.36 Å². The molecule has 0 atom stereocenters. The van der Waals surface area contributed by atoms with Crippen molar-refractivity contribution in [3.8, 4) is 0 Å². The van der Waals surface area contributed by atoms with Crippen LogP contribution in [0.2, 0.25) is 0 Å². The first-order valence-corrected chi connectivity index (χ1v) is 4.99. The number of nitrogens with zero attached hydrogens (tertiary/aromatic N) is 2. The zero-order valence-electron chi connectivity index (χ0n) is 7.60. The Balaban J connectivity index is 2.33. The molecular weight excluding hydrogens is 196 g/mol. The van der Waals surface area contributed by atoms with Crippen LogP contribution in [0.15, 0.2) is 29.8 Å². The third-order valence-electron chi connectivity index (χ3n) is 1.88. The van der Waals surface area contributed by atoms with Gasteiger partial charge in [0.15, 0.2) is 0 Å². The van der Waals surface area contributed by atoms with E-state index in [-0.39, 0.29) is 11.6 Å². The van der Waals surface area contributed by atoms with Crippen molar-refractivity contribution in [2.24, 2.45) is 0 Å². The van der Waals surface area contributed by atoms with Crippen LogP contribution in [0.25, 0.3) is 0 Å². The van der Waals surface area contributed by atoms with Crippen LogP contribution in [0, 0.1) is 6.92 Å². The molecule has 0 bridgehead atoms. The molecule has 0 saturated heterocycles. The van der Waals surface area contributed by atoms with Crippen molar-refractivity contribution in [2.45, 2.75) is 6.92 Å². The summed E-state index contributed by atoms with van der Waals surface area (Å²) in [4.78, 5) is 15.6. The van der Waals surface area contributed by atoms with Gasteiger partial charge in [-0.05, 0) is 18.5 Å². The number of aromatic nitrogens is 2. The molecule has 0 unspecified atom stereocenters. The molecule has 0 N–H and O–H groups in total. The van der Waals surface area contributed by atoms with Gasteiger partial charge < -0.3 is 0 Å². The lowest BCUT2D eigenvalue weighted by atomic mass is 10.1. The van der Waals surface area contributed by atoms with E-state index < -0.39 is 0 Å². The Kier molecular flexibility index (Phi) is 2.37. The molecule has 0 fully saturated rings. The minimum Gasteiger partial charge on any atom is -0.285 e. The Bertz CT molecular complexity index is 434. The smallest absolute Gasteiger partial charge is 0.231 e. The molecule has 0 amide bonds. The van der Waals surface area contributed by atoms with Crippen molar-refractivity contribution < 1.29 is 4.79 Å². The fourth-order valence-electron chi connectivity index (χ4n) is 1.10. The highest BCUT2D eigenvalue weighted by atomic mass is 32.1. The molecule has 1 aromatic heterocycles. The van der Waals surface area contributed by atoms with E-state index in [0.29, 0.717) is 5.56 Å². The fourth-order valence-corrected chi connectivity index (χ4v) is 1.53. The summed E-state index contributed by atoms with van der Waals surface area (Å²) >= 11 is 1.18. The van der Waals surface area contributed by atoms with E-state index in [1.165, 1.54) is 11.5 Å². The second kappa shape index (κ2) is 3.67. The Labute approximate surface area is 85.6 Å². The summed E-state index contributed by atoms with van der Waals surface area (Å²) in [6, 6.07) is 7.39. The van der Waals surface area contributed by atoms with E-state index in [2.05, 4.69) is 9.36 Å². The van der Waals surface area contributed by atoms with E-state index in [9.17, 15) is 4.79 Å². The molecule has 14 heavy (non-hydrogen) atoms. The summed E-state index contributed by atoms with van der Waals surface area (Å²) in [6.07, 6.45) is 0. The van der Waals surface area contributed by atoms with Crippen molar-refractivity contribution in [1.29, 1.82) is 0 Å².